The third-order valence-corrected chi connectivity index (χ3v) is 4.05. The molecule has 2 aromatic carbocycles. The topological polar surface area (TPSA) is 90.9 Å². The van der Waals surface area contributed by atoms with E-state index in [2.05, 4.69) is 5.32 Å². The van der Waals surface area contributed by atoms with Crippen LogP contribution in [0.2, 0.25) is 0 Å². The maximum atomic E-state index is 12.4. The van der Waals surface area contributed by atoms with Crippen LogP contribution in [0.3, 0.4) is 0 Å². The maximum Gasteiger partial charge on any atom is 0.355 e. The molecule has 0 atom stereocenters. The fourth-order valence-corrected chi connectivity index (χ4v) is 2.68. The SMILES string of the molecule is CC(=O)N/C(=C\c1ccccc1)C(=O)OCC(=O)c1ccc2c(c1)OCCCO2. The molecule has 1 N–H and O–H groups in total. The van der Waals surface area contributed by atoms with Gasteiger partial charge in [-0.3, -0.25) is 9.59 Å². The molecular weight excluding hydrogens is 374 g/mol. The Morgan fingerprint density at radius 1 is 1.03 bits per heavy atom. The Hall–Kier alpha value is -3.61. The molecule has 0 radical (unpaired) electrons. The first kappa shape index (κ1) is 20.1. The zero-order chi connectivity index (χ0) is 20.6. The number of ether oxygens (including phenoxy) is 3. The van der Waals surface area contributed by atoms with Gasteiger partial charge in [-0.2, -0.15) is 0 Å². The molecule has 0 aliphatic carbocycles. The second-order valence-corrected chi connectivity index (χ2v) is 6.36. The Bertz CT molecular complexity index is 936. The lowest BCUT2D eigenvalue weighted by Gasteiger charge is -2.10. The Morgan fingerprint density at radius 3 is 2.48 bits per heavy atom. The third-order valence-electron chi connectivity index (χ3n) is 4.05. The van der Waals surface area contributed by atoms with Gasteiger partial charge in [0.2, 0.25) is 5.91 Å². The molecule has 0 saturated carbocycles. The minimum absolute atomic E-state index is 0.0461. The van der Waals surface area contributed by atoms with Crippen molar-refractivity contribution in [3.8, 4) is 11.5 Å². The van der Waals surface area contributed by atoms with Crippen molar-refractivity contribution in [1.29, 1.82) is 0 Å². The van der Waals surface area contributed by atoms with E-state index in [1.807, 2.05) is 6.07 Å². The van der Waals surface area contributed by atoms with E-state index in [4.69, 9.17) is 14.2 Å². The average molecular weight is 395 g/mol. The lowest BCUT2D eigenvalue weighted by atomic mass is 10.1. The molecular formula is C22H21NO6. The molecule has 0 bridgehead atoms. The predicted octanol–water partition coefficient (Wildman–Crippen LogP) is 2.75. The molecule has 0 aromatic heterocycles. The molecule has 2 aromatic rings. The second-order valence-electron chi connectivity index (χ2n) is 6.36. The maximum absolute atomic E-state index is 12.4. The number of hydrogen-bond donors (Lipinski definition) is 1. The van der Waals surface area contributed by atoms with Gasteiger partial charge in [0.05, 0.1) is 13.2 Å². The third kappa shape index (κ3) is 5.68. The molecule has 7 heteroatoms. The first-order chi connectivity index (χ1) is 14.0. The van der Waals surface area contributed by atoms with Gasteiger partial charge in [-0.25, -0.2) is 4.79 Å². The van der Waals surface area contributed by atoms with Crippen LogP contribution in [0.1, 0.15) is 29.3 Å². The first-order valence-electron chi connectivity index (χ1n) is 9.17. The van der Waals surface area contributed by atoms with E-state index < -0.39 is 24.3 Å². The number of hydrogen-bond acceptors (Lipinski definition) is 6. The summed E-state index contributed by atoms with van der Waals surface area (Å²) in [5.41, 5.74) is 1.01. The van der Waals surface area contributed by atoms with Gasteiger partial charge in [-0.1, -0.05) is 30.3 Å². The summed E-state index contributed by atoms with van der Waals surface area (Å²) in [6.45, 7) is 1.88. The Balaban J connectivity index is 1.68. The van der Waals surface area contributed by atoms with E-state index in [0.29, 0.717) is 35.8 Å². The van der Waals surface area contributed by atoms with Gasteiger partial charge in [-0.15, -0.1) is 0 Å². The fraction of sp³-hybridized carbons (Fsp3) is 0.227. The monoisotopic (exact) mass is 395 g/mol. The molecule has 3 rings (SSSR count). The van der Waals surface area contributed by atoms with Crippen molar-refractivity contribution in [1.82, 2.24) is 5.32 Å². The lowest BCUT2D eigenvalue weighted by molar-refractivity contribution is -0.139. The average Bonchev–Trinajstić information content (AvgIpc) is 2.96. The fourth-order valence-electron chi connectivity index (χ4n) is 2.68. The van der Waals surface area contributed by atoms with Crippen LogP contribution in [-0.4, -0.2) is 37.5 Å². The van der Waals surface area contributed by atoms with Gasteiger partial charge in [0, 0.05) is 18.9 Å². The summed E-state index contributed by atoms with van der Waals surface area (Å²) in [7, 11) is 0. The summed E-state index contributed by atoms with van der Waals surface area (Å²) in [5.74, 6) is -0.543. The van der Waals surface area contributed by atoms with Gasteiger partial charge in [0.25, 0.3) is 0 Å². The lowest BCUT2D eigenvalue weighted by Crippen LogP contribution is -2.27. The molecule has 1 heterocycles. The molecule has 0 fully saturated rings. The highest BCUT2D eigenvalue weighted by Gasteiger charge is 2.18. The molecule has 1 aliphatic rings. The van der Waals surface area contributed by atoms with Crippen molar-refractivity contribution in [3.05, 3.63) is 65.4 Å². The number of Topliss-reactive ketones (excluding diaryl/α,β-unsaturated/α-hetero) is 1. The molecule has 0 saturated heterocycles. The van der Waals surface area contributed by atoms with Crippen LogP contribution in [0.4, 0.5) is 0 Å². The van der Waals surface area contributed by atoms with Gasteiger partial charge >= 0.3 is 5.97 Å². The van der Waals surface area contributed by atoms with Crippen LogP contribution in [0.25, 0.3) is 6.08 Å². The number of carbonyl (C=O) groups excluding carboxylic acids is 3. The smallest absolute Gasteiger partial charge is 0.355 e. The number of nitrogens with one attached hydrogen (secondary N) is 1. The van der Waals surface area contributed by atoms with Gasteiger partial charge in [-0.05, 0) is 29.8 Å². The Kier molecular flexibility index (Phi) is 6.63. The predicted molar refractivity (Wildman–Crippen MR) is 106 cm³/mol. The molecule has 150 valence electrons. The van der Waals surface area contributed by atoms with Crippen molar-refractivity contribution in [2.75, 3.05) is 19.8 Å². The van der Waals surface area contributed by atoms with E-state index >= 15 is 0 Å². The minimum atomic E-state index is -0.799. The van der Waals surface area contributed by atoms with E-state index in [0.717, 1.165) is 6.42 Å². The van der Waals surface area contributed by atoms with Crippen molar-refractivity contribution < 1.29 is 28.6 Å². The number of carbonyl (C=O) groups is 3. The van der Waals surface area contributed by atoms with Crippen LogP contribution < -0.4 is 14.8 Å². The molecule has 7 nitrogen and oxygen atoms in total. The summed E-state index contributed by atoms with van der Waals surface area (Å²) in [6.07, 6.45) is 2.25. The summed E-state index contributed by atoms with van der Waals surface area (Å²) in [4.78, 5) is 36.3. The molecule has 1 aliphatic heterocycles. The number of esters is 1. The molecule has 1 amide bonds. The van der Waals surface area contributed by atoms with Crippen LogP contribution in [-0.2, 0) is 14.3 Å². The van der Waals surface area contributed by atoms with E-state index in [1.165, 1.54) is 13.0 Å². The minimum Gasteiger partial charge on any atom is -0.490 e. The first-order valence-corrected chi connectivity index (χ1v) is 9.17. The van der Waals surface area contributed by atoms with E-state index in [1.54, 1.807) is 42.5 Å². The van der Waals surface area contributed by atoms with E-state index in [-0.39, 0.29) is 5.70 Å². The molecule has 29 heavy (non-hydrogen) atoms. The molecule has 0 unspecified atom stereocenters. The summed E-state index contributed by atoms with van der Waals surface area (Å²) >= 11 is 0. The highest BCUT2D eigenvalue weighted by Crippen LogP contribution is 2.30. The zero-order valence-electron chi connectivity index (χ0n) is 16.0. The summed E-state index contributed by atoms with van der Waals surface area (Å²) < 4.78 is 16.2. The number of ketones is 1. The Morgan fingerprint density at radius 2 is 1.76 bits per heavy atom. The highest BCUT2D eigenvalue weighted by molar-refractivity contribution is 6.01. The van der Waals surface area contributed by atoms with Crippen molar-refractivity contribution in [2.24, 2.45) is 0 Å². The van der Waals surface area contributed by atoms with Crippen molar-refractivity contribution in [2.45, 2.75) is 13.3 Å². The Labute approximate surface area is 168 Å². The van der Waals surface area contributed by atoms with Crippen LogP contribution in [0.15, 0.2) is 54.2 Å². The largest absolute Gasteiger partial charge is 0.490 e. The molecule has 0 spiro atoms. The highest BCUT2D eigenvalue weighted by atomic mass is 16.5. The second kappa shape index (κ2) is 9.54. The normalized spacial score (nSPS) is 13.2. The van der Waals surface area contributed by atoms with Crippen LogP contribution in [0.5, 0.6) is 11.5 Å². The van der Waals surface area contributed by atoms with Gasteiger partial charge in [0.15, 0.2) is 23.9 Å². The van der Waals surface area contributed by atoms with Crippen molar-refractivity contribution in [3.63, 3.8) is 0 Å². The summed E-state index contributed by atoms with van der Waals surface area (Å²) in [6, 6.07) is 13.8. The number of fused-ring (bicyclic) bond motifs is 1. The van der Waals surface area contributed by atoms with E-state index in [9.17, 15) is 14.4 Å². The number of benzene rings is 2. The standard InChI is InChI=1S/C22H21NO6/c1-15(24)23-18(12-16-6-3-2-4-7-16)22(26)29-14-19(25)17-8-9-20-21(13-17)28-11-5-10-27-20/h2-4,6-9,12-13H,5,10-11,14H2,1H3,(H,23,24)/b18-12-. The van der Waals surface area contributed by atoms with Gasteiger partial charge in [0.1, 0.15) is 5.70 Å². The van der Waals surface area contributed by atoms with Crippen LogP contribution in [0, 0.1) is 0 Å². The number of rotatable bonds is 6. The number of amides is 1. The zero-order valence-corrected chi connectivity index (χ0v) is 16.0. The van der Waals surface area contributed by atoms with Crippen LogP contribution >= 0.6 is 0 Å². The quantitative estimate of drug-likeness (QED) is 0.459. The van der Waals surface area contributed by atoms with Crippen molar-refractivity contribution >= 4 is 23.7 Å². The summed E-state index contributed by atoms with van der Waals surface area (Å²) in [5, 5.41) is 2.44. The van der Waals surface area contributed by atoms with Gasteiger partial charge < -0.3 is 19.5 Å².